The molecule has 2 aromatic rings. The van der Waals surface area contributed by atoms with Gasteiger partial charge in [0.05, 0.1) is 5.52 Å². The van der Waals surface area contributed by atoms with Crippen LogP contribution in [0.1, 0.15) is 22.1 Å². The van der Waals surface area contributed by atoms with Crippen molar-refractivity contribution >= 4 is 22.7 Å². The fourth-order valence-corrected chi connectivity index (χ4v) is 1.57. The average Bonchev–Trinajstić information content (AvgIpc) is 2.59. The van der Waals surface area contributed by atoms with E-state index in [4.69, 9.17) is 5.73 Å². The van der Waals surface area contributed by atoms with E-state index >= 15 is 0 Å². The lowest BCUT2D eigenvalue weighted by atomic mass is 10.1. The van der Waals surface area contributed by atoms with Crippen LogP contribution < -0.4 is 5.73 Å². The highest BCUT2D eigenvalue weighted by atomic mass is 16.2. The molecule has 0 atom stereocenters. The van der Waals surface area contributed by atoms with E-state index in [1.165, 1.54) is 11.5 Å². The smallest absolute Gasteiger partial charge is 0.248 e. The molecule has 4 heteroatoms. The lowest BCUT2D eigenvalue weighted by Gasteiger charge is -2.00. The van der Waals surface area contributed by atoms with Gasteiger partial charge >= 0.3 is 0 Å². The quantitative estimate of drug-likeness (QED) is 0.759. The second-order valence-electron chi connectivity index (χ2n) is 3.34. The highest BCUT2D eigenvalue weighted by Gasteiger charge is 2.06. The van der Waals surface area contributed by atoms with Crippen LogP contribution in [0.4, 0.5) is 0 Å². The minimum Gasteiger partial charge on any atom is -0.366 e. The van der Waals surface area contributed by atoms with Crippen molar-refractivity contribution in [3.8, 4) is 0 Å². The summed E-state index contributed by atoms with van der Waals surface area (Å²) in [5, 5.41) is 0.835. The van der Waals surface area contributed by atoms with E-state index in [2.05, 4.69) is 0 Å². The molecule has 0 saturated heterocycles. The standard InChI is InChI=1S/C11H10N2O2/c1-7(14)13-5-4-8-6-9(11(12)15)2-3-10(8)13/h2-6H,1H3,(H2,12,15). The molecule has 0 radical (unpaired) electrons. The number of carbonyl (C=O) groups is 2. The fraction of sp³-hybridized carbons (Fsp3) is 0.0909. The van der Waals surface area contributed by atoms with Crippen molar-refractivity contribution in [2.75, 3.05) is 0 Å². The first-order valence-corrected chi connectivity index (χ1v) is 4.51. The Bertz CT molecular complexity index is 555. The SMILES string of the molecule is CC(=O)n1ccc2cc(C(N)=O)ccc21. The van der Waals surface area contributed by atoms with Crippen LogP contribution in [0.5, 0.6) is 0 Å². The Labute approximate surface area is 86.3 Å². The number of primary amides is 1. The average molecular weight is 202 g/mol. The molecule has 1 heterocycles. The Morgan fingerprint density at radius 3 is 2.60 bits per heavy atom. The Morgan fingerprint density at radius 2 is 2.00 bits per heavy atom. The monoisotopic (exact) mass is 202 g/mol. The maximum absolute atomic E-state index is 11.2. The lowest BCUT2D eigenvalue weighted by molar-refractivity contribution is 0.0940. The van der Waals surface area contributed by atoms with Crippen molar-refractivity contribution in [3.05, 3.63) is 36.0 Å². The highest BCUT2D eigenvalue weighted by molar-refractivity contribution is 5.99. The van der Waals surface area contributed by atoms with Crippen LogP contribution in [-0.4, -0.2) is 16.4 Å². The summed E-state index contributed by atoms with van der Waals surface area (Å²) in [6.45, 7) is 1.49. The van der Waals surface area contributed by atoms with Crippen molar-refractivity contribution in [2.24, 2.45) is 5.73 Å². The summed E-state index contributed by atoms with van der Waals surface area (Å²) < 4.78 is 1.53. The van der Waals surface area contributed by atoms with Crippen LogP contribution in [0.2, 0.25) is 0 Å². The van der Waals surface area contributed by atoms with Gasteiger partial charge in [0.15, 0.2) is 0 Å². The number of amides is 1. The zero-order valence-corrected chi connectivity index (χ0v) is 8.23. The number of fused-ring (bicyclic) bond motifs is 1. The molecule has 2 N–H and O–H groups in total. The molecular weight excluding hydrogens is 192 g/mol. The van der Waals surface area contributed by atoms with Crippen LogP contribution in [0.3, 0.4) is 0 Å². The number of nitrogens with zero attached hydrogens (tertiary/aromatic N) is 1. The van der Waals surface area contributed by atoms with E-state index in [1.54, 1.807) is 30.5 Å². The van der Waals surface area contributed by atoms with E-state index in [0.717, 1.165) is 10.9 Å². The van der Waals surface area contributed by atoms with Gasteiger partial charge in [-0.15, -0.1) is 0 Å². The normalized spacial score (nSPS) is 10.5. The molecular formula is C11H10N2O2. The molecule has 0 bridgehead atoms. The molecule has 0 fully saturated rings. The number of hydrogen-bond acceptors (Lipinski definition) is 2. The van der Waals surface area contributed by atoms with Gasteiger partial charge < -0.3 is 5.73 Å². The maximum Gasteiger partial charge on any atom is 0.248 e. The van der Waals surface area contributed by atoms with Gasteiger partial charge in [-0.1, -0.05) is 0 Å². The Morgan fingerprint density at radius 1 is 1.27 bits per heavy atom. The first-order valence-electron chi connectivity index (χ1n) is 4.51. The third kappa shape index (κ3) is 1.50. The van der Waals surface area contributed by atoms with Crippen molar-refractivity contribution in [3.63, 3.8) is 0 Å². The van der Waals surface area contributed by atoms with E-state index in [9.17, 15) is 9.59 Å². The molecule has 1 aromatic carbocycles. The number of nitrogens with two attached hydrogens (primary N) is 1. The van der Waals surface area contributed by atoms with E-state index in [1.807, 2.05) is 0 Å². The number of aromatic nitrogens is 1. The largest absolute Gasteiger partial charge is 0.366 e. The molecule has 0 unspecified atom stereocenters. The molecule has 76 valence electrons. The molecule has 0 saturated carbocycles. The first-order chi connectivity index (χ1) is 7.09. The summed E-state index contributed by atoms with van der Waals surface area (Å²) in [6.07, 6.45) is 1.68. The van der Waals surface area contributed by atoms with Gasteiger partial charge in [-0.25, -0.2) is 0 Å². The molecule has 0 aliphatic carbocycles. The zero-order chi connectivity index (χ0) is 11.0. The van der Waals surface area contributed by atoms with Gasteiger partial charge in [-0.3, -0.25) is 14.2 Å². The van der Waals surface area contributed by atoms with Crippen LogP contribution in [0.25, 0.3) is 10.9 Å². The number of hydrogen-bond donors (Lipinski definition) is 1. The zero-order valence-electron chi connectivity index (χ0n) is 8.23. The Hall–Kier alpha value is -2.10. The molecule has 0 aliphatic heterocycles. The summed E-state index contributed by atoms with van der Waals surface area (Å²) >= 11 is 0. The Kier molecular flexibility index (Phi) is 2.04. The third-order valence-corrected chi connectivity index (χ3v) is 2.31. The van der Waals surface area contributed by atoms with Crippen molar-refractivity contribution in [1.29, 1.82) is 0 Å². The fourth-order valence-electron chi connectivity index (χ4n) is 1.57. The molecule has 4 nitrogen and oxygen atoms in total. The van der Waals surface area contributed by atoms with Gasteiger partial charge in [-0.05, 0) is 24.3 Å². The summed E-state index contributed by atoms with van der Waals surface area (Å²) in [6, 6.07) is 6.79. The van der Waals surface area contributed by atoms with Crippen LogP contribution >= 0.6 is 0 Å². The van der Waals surface area contributed by atoms with Crippen LogP contribution in [-0.2, 0) is 0 Å². The lowest BCUT2D eigenvalue weighted by Crippen LogP contribution is -2.10. The molecule has 15 heavy (non-hydrogen) atoms. The van der Waals surface area contributed by atoms with Gasteiger partial charge in [0.2, 0.25) is 11.8 Å². The van der Waals surface area contributed by atoms with Gasteiger partial charge in [0.1, 0.15) is 0 Å². The van der Waals surface area contributed by atoms with Crippen LogP contribution in [0.15, 0.2) is 30.5 Å². The van der Waals surface area contributed by atoms with Gasteiger partial charge in [0.25, 0.3) is 0 Å². The minimum atomic E-state index is -0.465. The summed E-state index contributed by atoms with van der Waals surface area (Å²) in [7, 11) is 0. The predicted octanol–water partition coefficient (Wildman–Crippen LogP) is 1.40. The number of rotatable bonds is 1. The maximum atomic E-state index is 11.2. The first kappa shape index (κ1) is 9.45. The summed E-state index contributed by atoms with van der Waals surface area (Å²) in [5.41, 5.74) is 6.39. The van der Waals surface area contributed by atoms with Crippen LogP contribution in [0, 0.1) is 0 Å². The molecule has 2 rings (SSSR count). The minimum absolute atomic E-state index is 0.0585. The second kappa shape index (κ2) is 3.24. The van der Waals surface area contributed by atoms with Gasteiger partial charge in [-0.2, -0.15) is 0 Å². The molecule has 0 spiro atoms. The molecule has 1 amide bonds. The second-order valence-corrected chi connectivity index (χ2v) is 3.34. The van der Waals surface area contributed by atoms with Gasteiger partial charge in [0, 0.05) is 24.1 Å². The van der Waals surface area contributed by atoms with E-state index in [-0.39, 0.29) is 5.91 Å². The predicted molar refractivity (Wildman–Crippen MR) is 56.8 cm³/mol. The number of carbonyl (C=O) groups excluding carboxylic acids is 2. The topological polar surface area (TPSA) is 65.1 Å². The highest BCUT2D eigenvalue weighted by Crippen LogP contribution is 2.17. The van der Waals surface area contributed by atoms with E-state index in [0.29, 0.717) is 5.56 Å². The summed E-state index contributed by atoms with van der Waals surface area (Å²) in [5.74, 6) is -0.524. The van der Waals surface area contributed by atoms with E-state index < -0.39 is 5.91 Å². The number of benzene rings is 1. The third-order valence-electron chi connectivity index (χ3n) is 2.31. The van der Waals surface area contributed by atoms with Crippen molar-refractivity contribution in [2.45, 2.75) is 6.92 Å². The summed E-state index contributed by atoms with van der Waals surface area (Å²) in [4.78, 5) is 22.1. The Balaban J connectivity index is 2.66. The molecule has 1 aromatic heterocycles. The van der Waals surface area contributed by atoms with Crippen molar-refractivity contribution in [1.82, 2.24) is 4.57 Å². The molecule has 0 aliphatic rings. The van der Waals surface area contributed by atoms with Crippen molar-refractivity contribution < 1.29 is 9.59 Å².